The van der Waals surface area contributed by atoms with E-state index >= 15 is 0 Å². The van der Waals surface area contributed by atoms with Crippen LogP contribution in [0.2, 0.25) is 5.02 Å². The van der Waals surface area contributed by atoms with Gasteiger partial charge in [-0.05, 0) is 43.4 Å². The predicted octanol–water partition coefficient (Wildman–Crippen LogP) is 3.95. The third-order valence-corrected chi connectivity index (χ3v) is 3.78. The van der Waals surface area contributed by atoms with E-state index in [2.05, 4.69) is 24.4 Å². The zero-order valence-corrected chi connectivity index (χ0v) is 11.7. The van der Waals surface area contributed by atoms with Gasteiger partial charge >= 0.3 is 0 Å². The Kier molecular flexibility index (Phi) is 5.48. The molecule has 0 saturated carbocycles. The molecular formula is C15H22ClNO. The number of benzene rings is 1. The second-order valence-corrected chi connectivity index (χ2v) is 5.36. The fourth-order valence-corrected chi connectivity index (χ4v) is 2.73. The van der Waals surface area contributed by atoms with Gasteiger partial charge in [0.2, 0.25) is 0 Å². The molecule has 0 spiro atoms. The highest BCUT2D eigenvalue weighted by Crippen LogP contribution is 2.22. The van der Waals surface area contributed by atoms with Crippen molar-refractivity contribution in [1.29, 1.82) is 0 Å². The van der Waals surface area contributed by atoms with E-state index in [4.69, 9.17) is 16.3 Å². The highest BCUT2D eigenvalue weighted by atomic mass is 35.5. The Balaban J connectivity index is 1.99. The topological polar surface area (TPSA) is 21.3 Å². The zero-order chi connectivity index (χ0) is 12.8. The van der Waals surface area contributed by atoms with Crippen LogP contribution in [0.25, 0.3) is 0 Å². The number of rotatable bonds is 4. The second kappa shape index (κ2) is 7.13. The van der Waals surface area contributed by atoms with Crippen LogP contribution in [0.15, 0.2) is 24.3 Å². The van der Waals surface area contributed by atoms with Crippen LogP contribution in [-0.4, -0.2) is 19.3 Å². The maximum Gasteiger partial charge on any atom is 0.0480 e. The van der Waals surface area contributed by atoms with Crippen molar-refractivity contribution >= 4 is 11.6 Å². The molecule has 1 aromatic carbocycles. The highest BCUT2D eigenvalue weighted by Gasteiger charge is 2.17. The van der Waals surface area contributed by atoms with Crippen LogP contribution >= 0.6 is 11.6 Å². The van der Waals surface area contributed by atoms with Crippen molar-refractivity contribution in [2.75, 3.05) is 13.2 Å². The van der Waals surface area contributed by atoms with Crippen molar-refractivity contribution in [3.63, 3.8) is 0 Å². The highest BCUT2D eigenvalue weighted by molar-refractivity contribution is 6.30. The first-order valence-electron chi connectivity index (χ1n) is 6.89. The minimum Gasteiger partial charge on any atom is -0.381 e. The van der Waals surface area contributed by atoms with Crippen molar-refractivity contribution in [2.45, 2.75) is 44.7 Å². The van der Waals surface area contributed by atoms with E-state index in [1.807, 2.05) is 12.1 Å². The summed E-state index contributed by atoms with van der Waals surface area (Å²) in [4.78, 5) is 0. The van der Waals surface area contributed by atoms with Crippen LogP contribution in [0.3, 0.4) is 0 Å². The molecule has 1 aliphatic rings. The maximum atomic E-state index is 6.07. The van der Waals surface area contributed by atoms with E-state index in [1.165, 1.54) is 12.0 Å². The lowest BCUT2D eigenvalue weighted by Crippen LogP contribution is -2.32. The lowest BCUT2D eigenvalue weighted by Gasteiger charge is -2.24. The molecule has 1 aromatic rings. The van der Waals surface area contributed by atoms with Crippen LogP contribution in [0, 0.1) is 0 Å². The number of nitrogens with one attached hydrogen (secondary N) is 1. The average molecular weight is 268 g/mol. The molecule has 0 bridgehead atoms. The number of halogens is 1. The SMILES string of the molecule is CCC(NC1CCCOCC1)c1cccc(Cl)c1. The van der Waals surface area contributed by atoms with Gasteiger partial charge in [-0.25, -0.2) is 0 Å². The summed E-state index contributed by atoms with van der Waals surface area (Å²) in [7, 11) is 0. The van der Waals surface area contributed by atoms with Crippen molar-refractivity contribution < 1.29 is 4.74 Å². The van der Waals surface area contributed by atoms with E-state index in [1.54, 1.807) is 0 Å². The Bertz CT molecular complexity index is 361. The summed E-state index contributed by atoms with van der Waals surface area (Å²) >= 11 is 6.07. The van der Waals surface area contributed by atoms with Gasteiger partial charge in [0.25, 0.3) is 0 Å². The van der Waals surface area contributed by atoms with Gasteiger partial charge < -0.3 is 10.1 Å². The minimum atomic E-state index is 0.395. The van der Waals surface area contributed by atoms with Gasteiger partial charge in [-0.15, -0.1) is 0 Å². The standard InChI is InChI=1S/C15H22ClNO/c1-2-15(12-5-3-6-13(16)11-12)17-14-7-4-9-18-10-8-14/h3,5-6,11,14-15,17H,2,4,7-10H2,1H3. The molecule has 3 heteroatoms. The Morgan fingerprint density at radius 2 is 2.28 bits per heavy atom. The molecule has 2 nitrogen and oxygen atoms in total. The summed E-state index contributed by atoms with van der Waals surface area (Å²) in [5, 5.41) is 4.57. The lowest BCUT2D eigenvalue weighted by atomic mass is 10.0. The maximum absolute atomic E-state index is 6.07. The van der Waals surface area contributed by atoms with Gasteiger partial charge in [0.05, 0.1) is 0 Å². The Hall–Kier alpha value is -0.570. The van der Waals surface area contributed by atoms with Crippen molar-refractivity contribution in [3.05, 3.63) is 34.9 Å². The van der Waals surface area contributed by atoms with Crippen LogP contribution in [0.4, 0.5) is 0 Å². The summed E-state index contributed by atoms with van der Waals surface area (Å²) in [6.07, 6.45) is 4.55. The first-order valence-corrected chi connectivity index (χ1v) is 7.26. The summed E-state index contributed by atoms with van der Waals surface area (Å²) in [6.45, 7) is 4.00. The van der Waals surface area contributed by atoms with Crippen LogP contribution in [0.1, 0.15) is 44.2 Å². The Morgan fingerprint density at radius 1 is 1.39 bits per heavy atom. The monoisotopic (exact) mass is 267 g/mol. The smallest absolute Gasteiger partial charge is 0.0480 e. The molecule has 1 fully saturated rings. The molecule has 0 aliphatic carbocycles. The molecule has 1 heterocycles. The summed E-state index contributed by atoms with van der Waals surface area (Å²) < 4.78 is 5.50. The molecule has 0 radical (unpaired) electrons. The summed E-state index contributed by atoms with van der Waals surface area (Å²) in [5.74, 6) is 0. The molecule has 2 rings (SSSR count). The van der Waals surface area contributed by atoms with Gasteiger partial charge in [-0.3, -0.25) is 0 Å². The van der Waals surface area contributed by atoms with Gasteiger partial charge in [-0.2, -0.15) is 0 Å². The van der Waals surface area contributed by atoms with Crippen molar-refractivity contribution in [2.24, 2.45) is 0 Å². The lowest BCUT2D eigenvalue weighted by molar-refractivity contribution is 0.142. The number of hydrogen-bond donors (Lipinski definition) is 1. The zero-order valence-electron chi connectivity index (χ0n) is 11.0. The predicted molar refractivity (Wildman–Crippen MR) is 76.1 cm³/mol. The fraction of sp³-hybridized carbons (Fsp3) is 0.600. The molecule has 0 aromatic heterocycles. The van der Waals surface area contributed by atoms with E-state index < -0.39 is 0 Å². The van der Waals surface area contributed by atoms with E-state index in [0.717, 1.165) is 37.5 Å². The third kappa shape index (κ3) is 3.98. The van der Waals surface area contributed by atoms with Gasteiger partial charge in [0.15, 0.2) is 0 Å². The largest absolute Gasteiger partial charge is 0.381 e. The normalized spacial score (nSPS) is 22.4. The second-order valence-electron chi connectivity index (χ2n) is 4.92. The fourth-order valence-electron chi connectivity index (χ4n) is 2.53. The van der Waals surface area contributed by atoms with Crippen LogP contribution in [0.5, 0.6) is 0 Å². The summed E-state index contributed by atoms with van der Waals surface area (Å²) in [6, 6.07) is 9.13. The first-order chi connectivity index (χ1) is 8.79. The van der Waals surface area contributed by atoms with Gasteiger partial charge in [-0.1, -0.05) is 30.7 Å². The number of hydrogen-bond acceptors (Lipinski definition) is 2. The quantitative estimate of drug-likeness (QED) is 0.892. The molecule has 1 N–H and O–H groups in total. The molecule has 2 unspecified atom stereocenters. The van der Waals surface area contributed by atoms with E-state index in [0.29, 0.717) is 12.1 Å². The molecule has 0 amide bonds. The minimum absolute atomic E-state index is 0.395. The average Bonchev–Trinajstić information content (AvgIpc) is 2.64. The van der Waals surface area contributed by atoms with Gasteiger partial charge in [0.1, 0.15) is 0 Å². The summed E-state index contributed by atoms with van der Waals surface area (Å²) in [5.41, 5.74) is 1.29. The number of ether oxygens (including phenoxy) is 1. The van der Waals surface area contributed by atoms with Crippen LogP contribution < -0.4 is 5.32 Å². The molecule has 1 saturated heterocycles. The Labute approximate surface area is 115 Å². The van der Waals surface area contributed by atoms with E-state index in [9.17, 15) is 0 Å². The van der Waals surface area contributed by atoms with Crippen LogP contribution in [-0.2, 0) is 4.74 Å². The van der Waals surface area contributed by atoms with E-state index in [-0.39, 0.29) is 0 Å². The van der Waals surface area contributed by atoms with Gasteiger partial charge in [0, 0.05) is 30.3 Å². The third-order valence-electron chi connectivity index (χ3n) is 3.55. The van der Waals surface area contributed by atoms with Crippen molar-refractivity contribution in [3.8, 4) is 0 Å². The Morgan fingerprint density at radius 3 is 3.06 bits per heavy atom. The molecule has 18 heavy (non-hydrogen) atoms. The molecule has 100 valence electrons. The van der Waals surface area contributed by atoms with Crippen molar-refractivity contribution in [1.82, 2.24) is 5.32 Å². The first kappa shape index (κ1) is 13.9. The molecule has 1 aliphatic heterocycles. The molecular weight excluding hydrogens is 246 g/mol. The molecule has 2 atom stereocenters.